The van der Waals surface area contributed by atoms with Crippen LogP contribution in [0, 0.1) is 0 Å². The quantitative estimate of drug-likeness (QED) is 0.411. The summed E-state index contributed by atoms with van der Waals surface area (Å²) in [5.41, 5.74) is 0.587. The van der Waals surface area contributed by atoms with Crippen LogP contribution < -0.4 is 9.04 Å². The van der Waals surface area contributed by atoms with Crippen LogP contribution in [-0.2, 0) is 4.79 Å². The lowest BCUT2D eigenvalue weighted by molar-refractivity contribution is -0.139. The van der Waals surface area contributed by atoms with Gasteiger partial charge in [-0.3, -0.25) is 4.31 Å². The van der Waals surface area contributed by atoms with Gasteiger partial charge in [-0.25, -0.2) is 14.8 Å². The van der Waals surface area contributed by atoms with Gasteiger partial charge in [-0.1, -0.05) is 12.8 Å². The van der Waals surface area contributed by atoms with E-state index in [2.05, 4.69) is 53.0 Å². The lowest BCUT2D eigenvalue weighted by Crippen LogP contribution is -2.28. The zero-order valence-corrected chi connectivity index (χ0v) is 16.8. The summed E-state index contributed by atoms with van der Waals surface area (Å²) in [4.78, 5) is 23.1. The van der Waals surface area contributed by atoms with Crippen molar-refractivity contribution in [3.8, 4) is 17.2 Å². The first-order valence-corrected chi connectivity index (χ1v) is 8.90. The number of alkyl halides is 3. The van der Waals surface area contributed by atoms with Crippen LogP contribution in [0.1, 0.15) is 0 Å². The average Bonchev–Trinajstić information content (AvgIpc) is 3.02. The molecule has 1 N–H and O–H groups in total. The number of nitrogens with zero attached hydrogens (tertiary/aromatic N) is 4. The minimum absolute atomic E-state index is 0.0427. The van der Waals surface area contributed by atoms with Gasteiger partial charge in [-0.15, -0.1) is 25.3 Å². The average molecular weight is 464 g/mol. The Morgan fingerprint density at radius 3 is 2.48 bits per heavy atom. The highest BCUT2D eigenvalue weighted by atomic mass is 32.1. The number of oxazole rings is 1. The molecule has 14 heteroatoms. The van der Waals surface area contributed by atoms with Crippen molar-refractivity contribution in [3.63, 3.8) is 0 Å². The number of aliphatic carboxylic acids is 1. The Bertz CT molecular complexity index is 1050. The molecule has 0 spiro atoms. The Balaban J connectivity index is 1.91. The number of ether oxygens (including phenoxy) is 1. The van der Waals surface area contributed by atoms with E-state index >= 15 is 0 Å². The Labute approximate surface area is 177 Å². The molecule has 8 nitrogen and oxygen atoms in total. The highest BCUT2D eigenvalue weighted by Gasteiger charge is 2.31. The standard InChI is InChI=1S/C15H11F3N4O4S3/c16-15(17,18)5-22(29)14-19-3-7-13(21-14)26-12(20-7)6-1-8(27)11(9(28)2-6)25-4-10(23)24/h1-3,27-29H,4-5H2,(H,23,24). The minimum Gasteiger partial charge on any atom is -0.480 e. The third-order valence-electron chi connectivity index (χ3n) is 3.33. The smallest absolute Gasteiger partial charge is 0.407 e. The summed E-state index contributed by atoms with van der Waals surface area (Å²) in [6.45, 7) is -1.92. The Kier molecular flexibility index (Phi) is 6.05. The Morgan fingerprint density at radius 1 is 1.24 bits per heavy atom. The van der Waals surface area contributed by atoms with Crippen molar-refractivity contribution < 1.29 is 32.2 Å². The second-order valence-corrected chi connectivity index (χ2v) is 7.02. The van der Waals surface area contributed by atoms with E-state index in [1.165, 1.54) is 18.3 Å². The molecule has 0 aliphatic carbocycles. The number of hydrogen-bond donors (Lipinski definition) is 4. The molecule has 0 radical (unpaired) electrons. The summed E-state index contributed by atoms with van der Waals surface area (Å²) in [7, 11) is 0. The molecule has 2 heterocycles. The molecular weight excluding hydrogens is 453 g/mol. The van der Waals surface area contributed by atoms with E-state index in [1.807, 2.05) is 0 Å². The van der Waals surface area contributed by atoms with Crippen LogP contribution in [-0.4, -0.2) is 45.4 Å². The molecule has 0 atom stereocenters. The molecule has 29 heavy (non-hydrogen) atoms. The van der Waals surface area contributed by atoms with E-state index in [1.54, 1.807) is 0 Å². The number of carboxylic acid groups (broad SMARTS) is 1. The van der Waals surface area contributed by atoms with Gasteiger partial charge in [0.2, 0.25) is 11.8 Å². The van der Waals surface area contributed by atoms with Crippen molar-refractivity contribution in [2.75, 3.05) is 17.5 Å². The molecule has 1 aromatic carbocycles. The van der Waals surface area contributed by atoms with Gasteiger partial charge in [-0.2, -0.15) is 18.2 Å². The molecular formula is C15H11F3N4O4S3. The highest BCUT2D eigenvalue weighted by Crippen LogP contribution is 2.36. The molecule has 154 valence electrons. The molecule has 0 amide bonds. The number of thiol groups is 3. The number of carbonyl (C=O) groups is 1. The maximum atomic E-state index is 12.5. The molecule has 3 aromatic rings. The first kappa shape index (κ1) is 21.4. The molecule has 0 fully saturated rings. The van der Waals surface area contributed by atoms with E-state index < -0.39 is 25.3 Å². The fraction of sp³-hybridized carbons (Fsp3) is 0.200. The van der Waals surface area contributed by atoms with Crippen molar-refractivity contribution in [1.82, 2.24) is 15.0 Å². The predicted octanol–water partition coefficient (Wildman–Crippen LogP) is 3.54. The second kappa shape index (κ2) is 8.20. The summed E-state index contributed by atoms with van der Waals surface area (Å²) in [5.74, 6) is -1.21. The SMILES string of the molecule is O=C(O)COc1c(S)cc(-c2nc3cnc(N(S)CC(F)(F)F)nc3o2)cc1S. The van der Waals surface area contributed by atoms with Crippen LogP contribution in [0.3, 0.4) is 0 Å². The summed E-state index contributed by atoms with van der Waals surface area (Å²) in [6, 6.07) is 3.02. The van der Waals surface area contributed by atoms with Crippen molar-refractivity contribution in [3.05, 3.63) is 18.3 Å². The fourth-order valence-electron chi connectivity index (χ4n) is 2.22. The third-order valence-corrected chi connectivity index (χ3v) is 4.32. The van der Waals surface area contributed by atoms with Crippen molar-refractivity contribution in [1.29, 1.82) is 0 Å². The summed E-state index contributed by atoms with van der Waals surface area (Å²) in [6.07, 6.45) is -3.28. The van der Waals surface area contributed by atoms with E-state index in [9.17, 15) is 18.0 Å². The highest BCUT2D eigenvalue weighted by molar-refractivity contribution is 7.81. The lowest BCUT2D eigenvalue weighted by atomic mass is 10.2. The number of hydrogen-bond acceptors (Lipinski definition) is 10. The zero-order chi connectivity index (χ0) is 21.3. The minimum atomic E-state index is -4.48. The number of benzene rings is 1. The number of carboxylic acids is 1. The molecule has 0 unspecified atom stereocenters. The normalized spacial score (nSPS) is 11.7. The van der Waals surface area contributed by atoms with Crippen LogP contribution in [0.15, 0.2) is 32.5 Å². The topological polar surface area (TPSA) is 102 Å². The molecule has 0 saturated carbocycles. The maximum Gasteiger partial charge on any atom is 0.407 e. The van der Waals surface area contributed by atoms with Crippen molar-refractivity contribution in [2.24, 2.45) is 0 Å². The summed E-state index contributed by atoms with van der Waals surface area (Å²) >= 11 is 12.2. The van der Waals surface area contributed by atoms with E-state index in [4.69, 9.17) is 14.3 Å². The fourth-order valence-corrected chi connectivity index (χ4v) is 3.21. The maximum absolute atomic E-state index is 12.5. The molecule has 3 rings (SSSR count). The van der Waals surface area contributed by atoms with Crippen LogP contribution >= 0.6 is 38.1 Å². The van der Waals surface area contributed by atoms with E-state index in [-0.39, 0.29) is 38.6 Å². The summed E-state index contributed by atoms with van der Waals surface area (Å²) < 4.78 is 48.7. The van der Waals surface area contributed by atoms with Gasteiger partial charge in [0.15, 0.2) is 6.61 Å². The van der Waals surface area contributed by atoms with Gasteiger partial charge in [-0.05, 0) is 12.1 Å². The number of rotatable bonds is 6. The molecule has 2 aromatic heterocycles. The van der Waals surface area contributed by atoms with Gasteiger partial charge >= 0.3 is 12.1 Å². The number of fused-ring (bicyclic) bond motifs is 1. The van der Waals surface area contributed by atoms with Gasteiger partial charge in [0.1, 0.15) is 17.8 Å². The van der Waals surface area contributed by atoms with Crippen LogP contribution in [0.4, 0.5) is 19.1 Å². The number of halogens is 3. The predicted molar refractivity (Wildman–Crippen MR) is 105 cm³/mol. The lowest BCUT2D eigenvalue weighted by Gasteiger charge is -2.16. The third kappa shape index (κ3) is 5.19. The van der Waals surface area contributed by atoms with Crippen LogP contribution in [0.25, 0.3) is 22.7 Å². The Morgan fingerprint density at radius 2 is 1.90 bits per heavy atom. The zero-order valence-electron chi connectivity index (χ0n) is 14.1. The van der Waals surface area contributed by atoms with Crippen LogP contribution in [0.5, 0.6) is 5.75 Å². The molecule has 0 bridgehead atoms. The monoisotopic (exact) mass is 464 g/mol. The Hall–Kier alpha value is -2.32. The molecule has 0 aliphatic heterocycles. The van der Waals surface area contributed by atoms with Gasteiger partial charge in [0, 0.05) is 15.4 Å². The van der Waals surface area contributed by atoms with Gasteiger partial charge in [0.25, 0.3) is 5.71 Å². The molecule has 0 saturated heterocycles. The van der Waals surface area contributed by atoms with Crippen molar-refractivity contribution >= 4 is 61.2 Å². The number of aromatic nitrogens is 3. The van der Waals surface area contributed by atoms with E-state index in [0.717, 1.165) is 0 Å². The van der Waals surface area contributed by atoms with Gasteiger partial charge < -0.3 is 14.3 Å². The first-order chi connectivity index (χ1) is 13.5. The summed E-state index contributed by atoms with van der Waals surface area (Å²) in [5, 5.41) is 8.71. The molecule has 0 aliphatic rings. The number of anilines is 1. The van der Waals surface area contributed by atoms with Crippen molar-refractivity contribution in [2.45, 2.75) is 16.0 Å². The van der Waals surface area contributed by atoms with Crippen LogP contribution in [0.2, 0.25) is 0 Å². The van der Waals surface area contributed by atoms with Gasteiger partial charge in [0.05, 0.1) is 6.20 Å². The largest absolute Gasteiger partial charge is 0.480 e. The van der Waals surface area contributed by atoms with E-state index in [0.29, 0.717) is 9.87 Å². The second-order valence-electron chi connectivity index (χ2n) is 5.58. The first-order valence-electron chi connectivity index (χ1n) is 7.61.